The summed E-state index contributed by atoms with van der Waals surface area (Å²) in [6, 6.07) is 22.5. The minimum atomic E-state index is -0.395. The molecule has 0 aliphatic heterocycles. The molecule has 7 nitrogen and oxygen atoms in total. The molecule has 2 amide bonds. The van der Waals surface area contributed by atoms with Gasteiger partial charge in [-0.2, -0.15) is 5.10 Å². The van der Waals surface area contributed by atoms with Crippen LogP contribution in [0.5, 0.6) is 5.75 Å². The van der Waals surface area contributed by atoms with Crippen LogP contribution < -0.4 is 15.4 Å². The van der Waals surface area contributed by atoms with Crippen molar-refractivity contribution in [3.05, 3.63) is 102 Å². The molecule has 35 heavy (non-hydrogen) atoms. The molecule has 4 rings (SSSR count). The van der Waals surface area contributed by atoms with Gasteiger partial charge in [0.1, 0.15) is 11.6 Å². The predicted octanol–water partition coefficient (Wildman–Crippen LogP) is 4.12. The lowest BCUT2D eigenvalue weighted by atomic mass is 10.1. The van der Waals surface area contributed by atoms with Crippen molar-refractivity contribution in [1.29, 1.82) is 0 Å². The van der Waals surface area contributed by atoms with E-state index >= 15 is 0 Å². The highest BCUT2D eigenvalue weighted by Crippen LogP contribution is 2.24. The Balaban J connectivity index is 1.45. The first-order chi connectivity index (χ1) is 17.0. The molecule has 178 valence electrons. The van der Waals surface area contributed by atoms with Crippen LogP contribution in [-0.4, -0.2) is 34.7 Å². The fourth-order valence-corrected chi connectivity index (χ4v) is 3.55. The van der Waals surface area contributed by atoms with Crippen LogP contribution in [0.4, 0.5) is 4.39 Å². The number of amides is 2. The third kappa shape index (κ3) is 5.92. The van der Waals surface area contributed by atoms with Crippen molar-refractivity contribution in [2.24, 2.45) is 0 Å². The first-order valence-corrected chi connectivity index (χ1v) is 11.2. The highest BCUT2D eigenvalue weighted by molar-refractivity contribution is 5.98. The van der Waals surface area contributed by atoms with E-state index in [1.165, 1.54) is 12.1 Å². The van der Waals surface area contributed by atoms with Crippen LogP contribution in [0.1, 0.15) is 22.8 Å². The molecule has 8 heteroatoms. The maximum absolute atomic E-state index is 13.4. The lowest BCUT2D eigenvalue weighted by molar-refractivity contribution is -0.120. The molecule has 1 heterocycles. The van der Waals surface area contributed by atoms with Crippen molar-refractivity contribution in [1.82, 2.24) is 20.4 Å². The molecule has 3 aromatic carbocycles. The zero-order chi connectivity index (χ0) is 24.6. The van der Waals surface area contributed by atoms with Gasteiger partial charge in [-0.25, -0.2) is 9.07 Å². The molecular formula is C27H25FN4O3. The Labute approximate surface area is 202 Å². The number of ether oxygens (including phenoxy) is 1. The average Bonchev–Trinajstić information content (AvgIpc) is 3.32. The highest BCUT2D eigenvalue weighted by atomic mass is 19.1. The van der Waals surface area contributed by atoms with Gasteiger partial charge in [0.2, 0.25) is 5.91 Å². The maximum Gasteiger partial charge on any atom is 0.255 e. The number of para-hydroxylation sites is 2. The van der Waals surface area contributed by atoms with Gasteiger partial charge in [0.05, 0.1) is 30.1 Å². The van der Waals surface area contributed by atoms with E-state index in [4.69, 9.17) is 4.74 Å². The van der Waals surface area contributed by atoms with Gasteiger partial charge in [-0.3, -0.25) is 9.59 Å². The molecule has 0 aliphatic rings. The summed E-state index contributed by atoms with van der Waals surface area (Å²) in [6.45, 7) is 2.25. The zero-order valence-corrected chi connectivity index (χ0v) is 19.2. The summed E-state index contributed by atoms with van der Waals surface area (Å²) in [5.41, 5.74) is 3.33. The van der Waals surface area contributed by atoms with Crippen molar-refractivity contribution in [2.45, 2.75) is 13.5 Å². The third-order valence-electron chi connectivity index (χ3n) is 5.25. The number of nitrogens with zero attached hydrogens (tertiary/aromatic N) is 2. The molecule has 0 aliphatic carbocycles. The van der Waals surface area contributed by atoms with E-state index in [-0.39, 0.29) is 24.8 Å². The van der Waals surface area contributed by atoms with Crippen LogP contribution in [0.25, 0.3) is 16.9 Å². The lowest BCUT2D eigenvalue weighted by Gasteiger charge is -2.10. The smallest absolute Gasteiger partial charge is 0.255 e. The molecule has 0 radical (unpaired) electrons. The normalized spacial score (nSPS) is 10.6. The number of hydrogen-bond donors (Lipinski definition) is 2. The van der Waals surface area contributed by atoms with Crippen LogP contribution in [0.3, 0.4) is 0 Å². The molecule has 0 atom stereocenters. The first-order valence-electron chi connectivity index (χ1n) is 11.2. The minimum Gasteiger partial charge on any atom is -0.493 e. The van der Waals surface area contributed by atoms with Gasteiger partial charge in [-0.15, -0.1) is 0 Å². The summed E-state index contributed by atoms with van der Waals surface area (Å²) in [5, 5.41) is 10.1. The average molecular weight is 473 g/mol. The molecule has 0 saturated heterocycles. The topological polar surface area (TPSA) is 85.2 Å². The van der Waals surface area contributed by atoms with Crippen LogP contribution >= 0.6 is 0 Å². The number of carbonyl (C=O) groups excluding carboxylic acids is 2. The van der Waals surface area contributed by atoms with Gasteiger partial charge in [0.15, 0.2) is 0 Å². The standard InChI is InChI=1S/C27H25FN4O3/c1-2-35-24-11-7-6-10-23(24)27(34)30-17-25(33)29-16-20-18-32(22-8-4-3-5-9-22)31-26(20)19-12-14-21(28)15-13-19/h3-15,18H,2,16-17H2,1H3,(H,29,33)(H,30,34). The van der Waals surface area contributed by atoms with Crippen molar-refractivity contribution < 1.29 is 18.7 Å². The molecule has 2 N–H and O–H groups in total. The lowest BCUT2D eigenvalue weighted by Crippen LogP contribution is -2.36. The van der Waals surface area contributed by atoms with E-state index in [2.05, 4.69) is 15.7 Å². The Hall–Kier alpha value is -4.46. The second-order valence-electron chi connectivity index (χ2n) is 7.68. The number of rotatable bonds is 9. The van der Waals surface area contributed by atoms with Gasteiger partial charge >= 0.3 is 0 Å². The Kier molecular flexibility index (Phi) is 7.52. The van der Waals surface area contributed by atoms with E-state index < -0.39 is 5.91 Å². The summed E-state index contributed by atoms with van der Waals surface area (Å²) in [7, 11) is 0. The quantitative estimate of drug-likeness (QED) is 0.384. The van der Waals surface area contributed by atoms with Gasteiger partial charge < -0.3 is 15.4 Å². The van der Waals surface area contributed by atoms with Gasteiger partial charge in [-0.05, 0) is 55.5 Å². The number of carbonyl (C=O) groups is 2. The Morgan fingerprint density at radius 3 is 2.40 bits per heavy atom. The molecule has 1 aromatic heterocycles. The fraction of sp³-hybridized carbons (Fsp3) is 0.148. The Bertz CT molecular complexity index is 1300. The largest absolute Gasteiger partial charge is 0.493 e. The van der Waals surface area contributed by atoms with E-state index in [1.54, 1.807) is 41.1 Å². The molecule has 0 bridgehead atoms. The molecule has 4 aromatic rings. The van der Waals surface area contributed by atoms with Gasteiger partial charge in [0.25, 0.3) is 5.91 Å². The second-order valence-corrected chi connectivity index (χ2v) is 7.68. The number of aromatic nitrogens is 2. The number of hydrogen-bond acceptors (Lipinski definition) is 4. The molecule has 0 fully saturated rings. The summed E-state index contributed by atoms with van der Waals surface area (Å²) in [4.78, 5) is 25.0. The highest BCUT2D eigenvalue weighted by Gasteiger charge is 2.15. The fourth-order valence-electron chi connectivity index (χ4n) is 3.55. The van der Waals surface area contributed by atoms with E-state index in [9.17, 15) is 14.0 Å². The van der Waals surface area contributed by atoms with Crippen LogP contribution in [-0.2, 0) is 11.3 Å². The third-order valence-corrected chi connectivity index (χ3v) is 5.25. The number of halogens is 1. The van der Waals surface area contributed by atoms with Gasteiger partial charge in [-0.1, -0.05) is 30.3 Å². The van der Waals surface area contributed by atoms with Crippen LogP contribution in [0.2, 0.25) is 0 Å². The SMILES string of the molecule is CCOc1ccccc1C(=O)NCC(=O)NCc1cn(-c2ccccc2)nc1-c1ccc(F)cc1. The zero-order valence-electron chi connectivity index (χ0n) is 19.2. The van der Waals surface area contributed by atoms with E-state index in [0.29, 0.717) is 23.6 Å². The van der Waals surface area contributed by atoms with Crippen LogP contribution in [0.15, 0.2) is 85.1 Å². The molecule has 0 unspecified atom stereocenters. The van der Waals surface area contributed by atoms with E-state index in [0.717, 1.165) is 16.8 Å². The molecule has 0 spiro atoms. The summed E-state index contributed by atoms with van der Waals surface area (Å²) < 4.78 is 20.6. The maximum atomic E-state index is 13.4. The van der Waals surface area contributed by atoms with E-state index in [1.807, 2.05) is 43.5 Å². The van der Waals surface area contributed by atoms with Crippen molar-refractivity contribution in [3.8, 4) is 22.7 Å². The summed E-state index contributed by atoms with van der Waals surface area (Å²) in [5.74, 6) is -0.629. The van der Waals surface area contributed by atoms with Crippen molar-refractivity contribution in [3.63, 3.8) is 0 Å². The first kappa shape index (κ1) is 23.7. The van der Waals surface area contributed by atoms with Crippen molar-refractivity contribution in [2.75, 3.05) is 13.2 Å². The van der Waals surface area contributed by atoms with Crippen molar-refractivity contribution >= 4 is 11.8 Å². The van der Waals surface area contributed by atoms with Crippen LogP contribution in [0, 0.1) is 5.82 Å². The van der Waals surface area contributed by atoms with Gasteiger partial charge in [0, 0.05) is 23.9 Å². The monoisotopic (exact) mass is 472 g/mol. The summed E-state index contributed by atoms with van der Waals surface area (Å²) in [6.07, 6.45) is 1.82. The molecular weight excluding hydrogens is 447 g/mol. The number of benzene rings is 3. The second kappa shape index (κ2) is 11.1. The Morgan fingerprint density at radius 1 is 0.943 bits per heavy atom. The number of nitrogens with one attached hydrogen (secondary N) is 2. The molecule has 0 saturated carbocycles. The predicted molar refractivity (Wildman–Crippen MR) is 131 cm³/mol. The minimum absolute atomic E-state index is 0.184. The summed E-state index contributed by atoms with van der Waals surface area (Å²) >= 11 is 0. The Morgan fingerprint density at radius 2 is 1.66 bits per heavy atom.